The number of hydrogen-bond acceptors (Lipinski definition) is 7. The van der Waals surface area contributed by atoms with Crippen LogP contribution in [0.25, 0.3) is 0 Å². The molecule has 0 aliphatic rings. The van der Waals surface area contributed by atoms with Crippen molar-refractivity contribution in [3.63, 3.8) is 0 Å². The molecule has 2 aromatic carbocycles. The summed E-state index contributed by atoms with van der Waals surface area (Å²) in [5.41, 5.74) is 0.492. The van der Waals surface area contributed by atoms with Gasteiger partial charge in [0.1, 0.15) is 6.04 Å². The highest BCUT2D eigenvalue weighted by molar-refractivity contribution is 7.99. The van der Waals surface area contributed by atoms with Crippen LogP contribution in [-0.2, 0) is 24.3 Å². The number of esters is 1. The van der Waals surface area contributed by atoms with Gasteiger partial charge in [-0.25, -0.2) is 8.42 Å². The lowest BCUT2D eigenvalue weighted by molar-refractivity contribution is -0.148. The van der Waals surface area contributed by atoms with E-state index in [2.05, 4.69) is 10.0 Å². The lowest BCUT2D eigenvalue weighted by atomic mass is 10.3. The van der Waals surface area contributed by atoms with E-state index < -0.39 is 34.5 Å². The summed E-state index contributed by atoms with van der Waals surface area (Å²) in [6.07, 6.45) is 0. The van der Waals surface area contributed by atoms with Gasteiger partial charge < -0.3 is 10.1 Å². The van der Waals surface area contributed by atoms with E-state index in [-0.39, 0.29) is 10.6 Å². The fourth-order valence-corrected chi connectivity index (χ4v) is 4.08. The number of hydrogen-bond donors (Lipinski definition) is 2. The topological polar surface area (TPSA) is 125 Å². The molecule has 0 fully saturated rings. The van der Waals surface area contributed by atoms with Gasteiger partial charge in [-0.2, -0.15) is 9.98 Å². The van der Waals surface area contributed by atoms with Crippen LogP contribution in [0.1, 0.15) is 6.92 Å². The molecule has 0 heterocycles. The summed E-state index contributed by atoms with van der Waals surface area (Å²) >= 11 is 1.26. The SMILES string of the molecule is C[C@H](NS(=O)(=O)c1ccccc1)C(=O)OCC(=O)Nc1ccccc1SCC#N. The minimum Gasteiger partial charge on any atom is -0.454 e. The van der Waals surface area contributed by atoms with Gasteiger partial charge in [-0.15, -0.1) is 11.8 Å². The van der Waals surface area contributed by atoms with Gasteiger partial charge in [-0.1, -0.05) is 30.3 Å². The van der Waals surface area contributed by atoms with E-state index in [0.29, 0.717) is 10.6 Å². The molecule has 0 aromatic heterocycles. The van der Waals surface area contributed by atoms with Crippen molar-refractivity contribution in [3.8, 4) is 6.07 Å². The Balaban J connectivity index is 1.89. The first-order valence-electron chi connectivity index (χ1n) is 8.46. The summed E-state index contributed by atoms with van der Waals surface area (Å²) in [4.78, 5) is 24.8. The summed E-state index contributed by atoms with van der Waals surface area (Å²) in [6.45, 7) is 0.752. The molecule has 10 heteroatoms. The number of ether oxygens (including phenoxy) is 1. The second kappa shape index (κ2) is 10.6. The molecule has 152 valence electrons. The number of thioether (sulfide) groups is 1. The van der Waals surface area contributed by atoms with E-state index >= 15 is 0 Å². The van der Waals surface area contributed by atoms with Gasteiger partial charge in [0.2, 0.25) is 10.0 Å². The zero-order valence-electron chi connectivity index (χ0n) is 15.5. The van der Waals surface area contributed by atoms with Crippen molar-refractivity contribution in [2.24, 2.45) is 0 Å². The lowest BCUT2D eigenvalue weighted by Crippen LogP contribution is -2.40. The van der Waals surface area contributed by atoms with E-state index in [4.69, 9.17) is 10.00 Å². The highest BCUT2D eigenvalue weighted by Crippen LogP contribution is 2.26. The Morgan fingerprint density at radius 3 is 2.48 bits per heavy atom. The zero-order valence-corrected chi connectivity index (χ0v) is 17.1. The average molecular weight is 434 g/mol. The second-order valence-electron chi connectivity index (χ2n) is 5.75. The lowest BCUT2D eigenvalue weighted by Gasteiger charge is -2.14. The third-order valence-electron chi connectivity index (χ3n) is 3.54. The largest absolute Gasteiger partial charge is 0.454 e. The molecule has 0 aliphatic carbocycles. The molecule has 8 nitrogen and oxygen atoms in total. The smallest absolute Gasteiger partial charge is 0.324 e. The Bertz CT molecular complexity index is 1000. The van der Waals surface area contributed by atoms with Crippen LogP contribution in [0.2, 0.25) is 0 Å². The number of para-hydroxylation sites is 1. The maximum absolute atomic E-state index is 12.2. The summed E-state index contributed by atoms with van der Waals surface area (Å²) in [7, 11) is -3.89. The van der Waals surface area contributed by atoms with Crippen molar-refractivity contribution in [1.29, 1.82) is 5.26 Å². The van der Waals surface area contributed by atoms with Gasteiger partial charge in [0, 0.05) is 4.90 Å². The molecule has 2 N–H and O–H groups in total. The maximum Gasteiger partial charge on any atom is 0.324 e. The Morgan fingerprint density at radius 1 is 1.14 bits per heavy atom. The fourth-order valence-electron chi connectivity index (χ4n) is 2.20. The number of nitrogens with zero attached hydrogens (tertiary/aromatic N) is 1. The number of nitrogens with one attached hydrogen (secondary N) is 2. The third-order valence-corrected chi connectivity index (χ3v) is 6.03. The van der Waals surface area contributed by atoms with Crippen molar-refractivity contribution in [2.75, 3.05) is 17.7 Å². The number of sulfonamides is 1. The van der Waals surface area contributed by atoms with E-state index in [1.54, 1.807) is 42.5 Å². The Morgan fingerprint density at radius 2 is 1.79 bits per heavy atom. The minimum absolute atomic E-state index is 0.0175. The quantitative estimate of drug-likeness (QED) is 0.458. The van der Waals surface area contributed by atoms with Crippen LogP contribution in [0.5, 0.6) is 0 Å². The van der Waals surface area contributed by atoms with Crippen molar-refractivity contribution >= 4 is 39.3 Å². The molecule has 2 aromatic rings. The molecule has 0 spiro atoms. The Kier molecular flexibility index (Phi) is 8.21. The number of benzene rings is 2. The fraction of sp³-hybridized carbons (Fsp3) is 0.211. The van der Waals surface area contributed by atoms with Gasteiger partial charge in [0.15, 0.2) is 6.61 Å². The molecule has 0 saturated carbocycles. The molecule has 1 amide bonds. The van der Waals surface area contributed by atoms with E-state index in [1.807, 2.05) is 6.07 Å². The molecular weight excluding hydrogens is 414 g/mol. The second-order valence-corrected chi connectivity index (χ2v) is 8.49. The summed E-state index contributed by atoms with van der Waals surface area (Å²) in [5.74, 6) is -1.24. The van der Waals surface area contributed by atoms with Crippen LogP contribution in [0.15, 0.2) is 64.4 Å². The van der Waals surface area contributed by atoms with Crippen LogP contribution >= 0.6 is 11.8 Å². The van der Waals surface area contributed by atoms with Crippen molar-refractivity contribution in [3.05, 3.63) is 54.6 Å². The van der Waals surface area contributed by atoms with Gasteiger partial charge in [-0.3, -0.25) is 9.59 Å². The Hall–Kier alpha value is -2.87. The molecule has 0 radical (unpaired) electrons. The summed E-state index contributed by atoms with van der Waals surface area (Å²) in [5, 5.41) is 11.3. The van der Waals surface area contributed by atoms with E-state index in [9.17, 15) is 18.0 Å². The molecule has 0 saturated heterocycles. The number of carbonyl (C=O) groups is 2. The predicted molar refractivity (Wildman–Crippen MR) is 109 cm³/mol. The standard InChI is InChI=1S/C19H19N3O5S2/c1-14(22-29(25,26)15-7-3-2-4-8-15)19(24)27-13-18(23)21-16-9-5-6-10-17(16)28-12-11-20/h2-10,14,22H,12-13H2,1H3,(H,21,23)/t14-/m0/s1. The molecule has 29 heavy (non-hydrogen) atoms. The van der Waals surface area contributed by atoms with Gasteiger partial charge in [-0.05, 0) is 31.2 Å². The predicted octanol–water partition coefficient (Wildman–Crippen LogP) is 2.15. The first-order chi connectivity index (χ1) is 13.8. The van der Waals surface area contributed by atoms with Gasteiger partial charge in [0.25, 0.3) is 5.91 Å². The molecule has 0 aliphatic heterocycles. The number of carbonyl (C=O) groups excluding carboxylic acids is 2. The molecule has 2 rings (SSSR count). The van der Waals surface area contributed by atoms with Gasteiger partial charge >= 0.3 is 5.97 Å². The van der Waals surface area contributed by atoms with Crippen LogP contribution in [0, 0.1) is 11.3 Å². The normalized spacial score (nSPS) is 11.9. The number of rotatable bonds is 9. The van der Waals surface area contributed by atoms with Crippen molar-refractivity contribution in [1.82, 2.24) is 4.72 Å². The monoisotopic (exact) mass is 433 g/mol. The first-order valence-corrected chi connectivity index (χ1v) is 10.9. The van der Waals surface area contributed by atoms with E-state index in [1.165, 1.54) is 30.8 Å². The number of nitriles is 1. The zero-order chi connectivity index (χ0) is 21.3. The summed E-state index contributed by atoms with van der Waals surface area (Å²) < 4.78 is 31.6. The van der Waals surface area contributed by atoms with Crippen molar-refractivity contribution in [2.45, 2.75) is 22.8 Å². The average Bonchev–Trinajstić information content (AvgIpc) is 2.71. The molecular formula is C19H19N3O5S2. The maximum atomic E-state index is 12.2. The van der Waals surface area contributed by atoms with Crippen LogP contribution < -0.4 is 10.0 Å². The van der Waals surface area contributed by atoms with E-state index in [0.717, 1.165) is 0 Å². The molecule has 1 atom stereocenters. The third kappa shape index (κ3) is 6.90. The molecule has 0 bridgehead atoms. The van der Waals surface area contributed by atoms with Crippen LogP contribution in [-0.4, -0.2) is 38.7 Å². The number of amides is 1. The summed E-state index contributed by atoms with van der Waals surface area (Å²) in [6, 6.07) is 15.3. The molecule has 0 unspecified atom stereocenters. The van der Waals surface area contributed by atoms with Crippen LogP contribution in [0.3, 0.4) is 0 Å². The first kappa shape index (κ1) is 22.4. The van der Waals surface area contributed by atoms with Crippen molar-refractivity contribution < 1.29 is 22.7 Å². The highest BCUT2D eigenvalue weighted by Gasteiger charge is 2.23. The Labute approximate surface area is 173 Å². The minimum atomic E-state index is -3.89. The van der Waals surface area contributed by atoms with Gasteiger partial charge in [0.05, 0.1) is 22.4 Å². The van der Waals surface area contributed by atoms with Crippen LogP contribution in [0.4, 0.5) is 5.69 Å². The number of anilines is 1. The highest BCUT2D eigenvalue weighted by atomic mass is 32.2.